The highest BCUT2D eigenvalue weighted by Gasteiger charge is 2.42. The Morgan fingerprint density at radius 2 is 1.91 bits per heavy atom. The molecule has 1 saturated heterocycles. The van der Waals surface area contributed by atoms with Crippen LogP contribution in [0.5, 0.6) is 5.75 Å². The number of nitrogens with zero attached hydrogens (tertiary/aromatic N) is 4. The molecule has 0 saturated carbocycles. The van der Waals surface area contributed by atoms with Crippen LogP contribution in [0.1, 0.15) is 17.8 Å². The van der Waals surface area contributed by atoms with Gasteiger partial charge in [0.1, 0.15) is 12.6 Å². The molecule has 0 spiro atoms. The summed E-state index contributed by atoms with van der Waals surface area (Å²) in [5.41, 5.74) is -1.32. The molecule has 0 radical (unpaired) electrons. The van der Waals surface area contributed by atoms with Crippen molar-refractivity contribution in [3.63, 3.8) is 0 Å². The minimum atomic E-state index is -4.92. The molecule has 1 amide bonds. The number of amides is 1. The molecule has 1 aromatic heterocycles. The first-order chi connectivity index (χ1) is 16.2. The normalized spacial score (nSPS) is 16.6. The van der Waals surface area contributed by atoms with Crippen molar-refractivity contribution in [2.45, 2.75) is 28.9 Å². The van der Waals surface area contributed by atoms with Crippen LogP contribution in [-0.4, -0.2) is 55.5 Å². The quantitative estimate of drug-likeness (QED) is 0.593. The molecule has 9 nitrogen and oxygen atoms in total. The van der Waals surface area contributed by atoms with Crippen molar-refractivity contribution in [2.75, 3.05) is 24.5 Å². The number of benzene rings is 1. The highest BCUT2D eigenvalue weighted by atomic mass is 32.2. The van der Waals surface area contributed by atoms with Crippen molar-refractivity contribution < 1.29 is 44.3 Å². The third-order valence-corrected chi connectivity index (χ3v) is 7.09. The summed E-state index contributed by atoms with van der Waals surface area (Å²) in [6.45, 7) is -2.17. The summed E-state index contributed by atoms with van der Waals surface area (Å²) in [6, 6.07) is 5.32. The van der Waals surface area contributed by atoms with E-state index in [0.717, 1.165) is 24.4 Å². The Balaban J connectivity index is 1.87. The first-order valence-corrected chi connectivity index (χ1v) is 11.2. The lowest BCUT2D eigenvalue weighted by Gasteiger charge is -2.21. The summed E-state index contributed by atoms with van der Waals surface area (Å²) >= 11 is 0. The minimum Gasteiger partial charge on any atom is -0.405 e. The van der Waals surface area contributed by atoms with E-state index in [1.165, 1.54) is 10.2 Å². The van der Waals surface area contributed by atoms with Crippen molar-refractivity contribution in [1.82, 2.24) is 15.3 Å². The zero-order valence-corrected chi connectivity index (χ0v) is 18.2. The van der Waals surface area contributed by atoms with Crippen molar-refractivity contribution in [3.05, 3.63) is 41.9 Å². The van der Waals surface area contributed by atoms with E-state index in [-0.39, 0.29) is 18.8 Å². The zero-order valence-electron chi connectivity index (χ0n) is 17.4. The number of aromatic nitrogens is 2. The van der Waals surface area contributed by atoms with Gasteiger partial charge in [-0.15, -0.1) is 0 Å². The van der Waals surface area contributed by atoms with Crippen LogP contribution in [-0.2, 0) is 16.0 Å². The monoisotopic (exact) mass is 523 g/mol. The van der Waals surface area contributed by atoms with Gasteiger partial charge >= 0.3 is 18.4 Å². The number of nitriles is 1. The van der Waals surface area contributed by atoms with Gasteiger partial charge < -0.3 is 15.0 Å². The highest BCUT2D eigenvalue weighted by Crippen LogP contribution is 2.38. The summed E-state index contributed by atoms with van der Waals surface area (Å²) < 4.78 is 108. The second-order valence-electron chi connectivity index (χ2n) is 7.25. The molecule has 35 heavy (non-hydrogen) atoms. The average Bonchev–Trinajstić information content (AvgIpc) is 3.28. The van der Waals surface area contributed by atoms with Crippen LogP contribution >= 0.6 is 0 Å². The molecular formula is C19H15F6N5O4S. The van der Waals surface area contributed by atoms with Crippen LogP contribution < -0.4 is 15.0 Å². The number of hydrogen-bond acceptors (Lipinski definition) is 8. The Bertz CT molecular complexity index is 1260. The van der Waals surface area contributed by atoms with E-state index < -0.39 is 68.7 Å². The molecule has 1 aliphatic rings. The number of alkyl halides is 6. The maximum absolute atomic E-state index is 13.4. The topological polar surface area (TPSA) is 125 Å². The Labute approximate surface area is 194 Å². The van der Waals surface area contributed by atoms with Crippen LogP contribution in [0.2, 0.25) is 0 Å². The number of hydrogen-bond donors (Lipinski definition) is 1. The number of rotatable bonds is 5. The molecule has 1 aromatic carbocycles. The number of ether oxygens (including phenoxy) is 1. The van der Waals surface area contributed by atoms with Gasteiger partial charge in [-0.25, -0.2) is 18.2 Å². The predicted molar refractivity (Wildman–Crippen MR) is 106 cm³/mol. The molecule has 3 rings (SSSR count). The van der Waals surface area contributed by atoms with Gasteiger partial charge in [-0.3, -0.25) is 0 Å². The van der Waals surface area contributed by atoms with Crippen LogP contribution in [0.25, 0.3) is 0 Å². The number of anilines is 1. The number of carbonyl (C=O) groups excluding carboxylic acids is 1. The maximum Gasteiger partial charge on any atom is 0.417 e. The fraction of sp³-hybridized carbons (Fsp3) is 0.368. The SMILES string of the molecule is N#Cc1ncc(OC(=O)NCC(F)(F)F)c(N2CC[C@H](S(=O)(=O)c3ccccc3C(F)(F)F)C2)n1. The Hall–Kier alpha value is -3.61. The molecule has 2 aromatic rings. The highest BCUT2D eigenvalue weighted by molar-refractivity contribution is 7.92. The number of nitrogens with one attached hydrogen (secondary N) is 1. The Kier molecular flexibility index (Phi) is 7.11. The summed E-state index contributed by atoms with van der Waals surface area (Å²) in [5.74, 6) is -1.17. The summed E-state index contributed by atoms with van der Waals surface area (Å²) in [5, 5.41) is 9.19. The lowest BCUT2D eigenvalue weighted by Crippen LogP contribution is -2.36. The number of carbonyl (C=O) groups is 1. The molecule has 1 atom stereocenters. The van der Waals surface area contributed by atoms with E-state index in [4.69, 9.17) is 10.00 Å². The van der Waals surface area contributed by atoms with Gasteiger partial charge in [-0.05, 0) is 18.6 Å². The predicted octanol–water partition coefficient (Wildman–Crippen LogP) is 3.07. The second-order valence-corrected chi connectivity index (χ2v) is 9.44. The average molecular weight is 523 g/mol. The molecule has 0 unspecified atom stereocenters. The van der Waals surface area contributed by atoms with Crippen molar-refractivity contribution in [1.29, 1.82) is 5.26 Å². The smallest absolute Gasteiger partial charge is 0.405 e. The first kappa shape index (κ1) is 26.0. The Morgan fingerprint density at radius 3 is 2.54 bits per heavy atom. The van der Waals surface area contributed by atoms with Gasteiger partial charge in [0.25, 0.3) is 0 Å². The number of halogens is 6. The van der Waals surface area contributed by atoms with Crippen molar-refractivity contribution >= 4 is 21.7 Å². The van der Waals surface area contributed by atoms with E-state index in [2.05, 4.69) is 9.97 Å². The van der Waals surface area contributed by atoms with Gasteiger partial charge in [0.15, 0.2) is 21.4 Å². The molecule has 1 aliphatic heterocycles. The van der Waals surface area contributed by atoms with Crippen molar-refractivity contribution in [2.24, 2.45) is 0 Å². The standard InChI is InChI=1S/C19H15F6N5O4S/c20-18(21,22)10-28-17(31)34-13-8-27-15(7-26)29-16(13)30-6-5-11(9-30)35(32,33)14-4-2-1-3-12(14)19(23,24)25/h1-4,8,11H,5-6,9-10H2,(H,28,31)/t11-/m0/s1. The van der Waals surface area contributed by atoms with E-state index in [9.17, 15) is 39.6 Å². The summed E-state index contributed by atoms with van der Waals surface area (Å²) in [6.07, 6.45) is -10.4. The van der Waals surface area contributed by atoms with E-state index in [1.54, 1.807) is 6.07 Å². The second kappa shape index (κ2) is 9.56. The lowest BCUT2D eigenvalue weighted by atomic mass is 10.2. The molecule has 1 N–H and O–H groups in total. The van der Waals surface area contributed by atoms with Crippen LogP contribution in [0, 0.1) is 11.3 Å². The van der Waals surface area contributed by atoms with Crippen LogP contribution in [0.3, 0.4) is 0 Å². The molecule has 188 valence electrons. The van der Waals surface area contributed by atoms with Gasteiger partial charge in [0.2, 0.25) is 5.82 Å². The maximum atomic E-state index is 13.4. The molecule has 0 aliphatic carbocycles. The summed E-state index contributed by atoms with van der Waals surface area (Å²) in [4.78, 5) is 19.5. The van der Waals surface area contributed by atoms with Crippen LogP contribution in [0.15, 0.2) is 35.4 Å². The van der Waals surface area contributed by atoms with Gasteiger partial charge in [0, 0.05) is 13.1 Å². The molecular weight excluding hydrogens is 508 g/mol. The fourth-order valence-corrected chi connectivity index (χ4v) is 5.23. The largest absolute Gasteiger partial charge is 0.417 e. The Morgan fingerprint density at radius 1 is 1.23 bits per heavy atom. The van der Waals surface area contributed by atoms with Gasteiger partial charge in [0.05, 0.1) is 21.9 Å². The molecule has 2 heterocycles. The fourth-order valence-electron chi connectivity index (χ4n) is 3.32. The first-order valence-electron chi connectivity index (χ1n) is 9.67. The molecule has 16 heteroatoms. The zero-order chi connectivity index (χ0) is 26.0. The van der Waals surface area contributed by atoms with Gasteiger partial charge in [-0.2, -0.15) is 36.6 Å². The third kappa shape index (κ3) is 6.10. The third-order valence-electron chi connectivity index (χ3n) is 4.85. The summed E-state index contributed by atoms with van der Waals surface area (Å²) in [7, 11) is -4.49. The lowest BCUT2D eigenvalue weighted by molar-refractivity contribution is -0.139. The van der Waals surface area contributed by atoms with E-state index in [1.807, 2.05) is 0 Å². The molecule has 0 bridgehead atoms. The molecule has 1 fully saturated rings. The van der Waals surface area contributed by atoms with Gasteiger partial charge in [-0.1, -0.05) is 12.1 Å². The van der Waals surface area contributed by atoms with E-state index in [0.29, 0.717) is 6.07 Å². The number of sulfone groups is 1. The minimum absolute atomic E-state index is 0.0828. The van der Waals surface area contributed by atoms with Crippen molar-refractivity contribution in [3.8, 4) is 11.8 Å². The van der Waals surface area contributed by atoms with E-state index >= 15 is 0 Å². The van der Waals surface area contributed by atoms with Crippen LogP contribution in [0.4, 0.5) is 37.0 Å².